The van der Waals surface area contributed by atoms with Gasteiger partial charge < -0.3 is 5.32 Å². The van der Waals surface area contributed by atoms with Gasteiger partial charge >= 0.3 is 0 Å². The van der Waals surface area contributed by atoms with Crippen LogP contribution in [-0.4, -0.2) is 44.2 Å². The quantitative estimate of drug-likeness (QED) is 0.829. The fraction of sp³-hybridized carbons (Fsp3) is 1.00. The van der Waals surface area contributed by atoms with Gasteiger partial charge in [0.2, 0.25) is 10.0 Å². The molecule has 2 aliphatic heterocycles. The van der Waals surface area contributed by atoms with Gasteiger partial charge in [0.1, 0.15) is 0 Å². The van der Waals surface area contributed by atoms with E-state index in [0.717, 1.165) is 25.8 Å². The Morgan fingerprint density at radius 1 is 1.35 bits per heavy atom. The molecule has 2 aliphatic rings. The van der Waals surface area contributed by atoms with Crippen molar-refractivity contribution in [1.82, 2.24) is 9.62 Å². The van der Waals surface area contributed by atoms with Gasteiger partial charge in [0.05, 0.1) is 5.75 Å². The molecule has 0 aromatic heterocycles. The Bertz CT molecular complexity index is 359. The maximum absolute atomic E-state index is 12.3. The van der Waals surface area contributed by atoms with Gasteiger partial charge in [-0.25, -0.2) is 12.7 Å². The van der Waals surface area contributed by atoms with Gasteiger partial charge in [-0.15, -0.1) is 0 Å². The summed E-state index contributed by atoms with van der Waals surface area (Å²) in [5.74, 6) is 0.281. The van der Waals surface area contributed by atoms with Crippen molar-refractivity contribution in [3.05, 3.63) is 0 Å². The molecule has 1 unspecified atom stereocenters. The standard InChI is InChI=1S/C12H24N2O2S/c1-12(2)6-8-14(10-12)17(15,16)9-11-5-3-4-7-13-11/h11,13H,3-10H2,1-2H3. The third-order valence-electron chi connectivity index (χ3n) is 3.86. The van der Waals surface area contributed by atoms with Crippen molar-refractivity contribution >= 4 is 10.0 Å². The second-order valence-corrected chi connectivity index (χ2v) is 8.19. The second kappa shape index (κ2) is 4.86. The highest BCUT2D eigenvalue weighted by Gasteiger charge is 2.37. The summed E-state index contributed by atoms with van der Waals surface area (Å²) in [5, 5.41) is 3.31. The van der Waals surface area contributed by atoms with Gasteiger partial charge in [0, 0.05) is 19.1 Å². The van der Waals surface area contributed by atoms with Crippen LogP contribution in [0.1, 0.15) is 39.5 Å². The smallest absolute Gasteiger partial charge is 0.215 e. The van der Waals surface area contributed by atoms with E-state index in [1.807, 2.05) is 0 Å². The van der Waals surface area contributed by atoms with Crippen molar-refractivity contribution in [2.45, 2.75) is 45.6 Å². The number of piperidine rings is 1. The minimum Gasteiger partial charge on any atom is -0.313 e. The summed E-state index contributed by atoms with van der Waals surface area (Å²) in [7, 11) is -3.06. The molecule has 0 bridgehead atoms. The number of rotatable bonds is 3. The van der Waals surface area contributed by atoms with Crippen LogP contribution in [0.15, 0.2) is 0 Å². The van der Waals surface area contributed by atoms with Crippen LogP contribution >= 0.6 is 0 Å². The van der Waals surface area contributed by atoms with Gasteiger partial charge in [0.15, 0.2) is 0 Å². The van der Waals surface area contributed by atoms with E-state index in [1.54, 1.807) is 4.31 Å². The first-order valence-corrected chi connectivity index (χ1v) is 8.21. The van der Waals surface area contributed by atoms with Crippen molar-refractivity contribution in [3.63, 3.8) is 0 Å². The zero-order chi connectivity index (χ0) is 12.5. The fourth-order valence-corrected chi connectivity index (χ4v) is 4.65. The van der Waals surface area contributed by atoms with Gasteiger partial charge in [-0.2, -0.15) is 0 Å². The van der Waals surface area contributed by atoms with E-state index in [2.05, 4.69) is 19.2 Å². The molecule has 1 N–H and O–H groups in total. The maximum Gasteiger partial charge on any atom is 0.215 e. The van der Waals surface area contributed by atoms with Crippen LogP contribution in [0.3, 0.4) is 0 Å². The molecule has 2 saturated heterocycles. The molecule has 0 saturated carbocycles. The molecule has 0 aromatic carbocycles. The molecule has 1 atom stereocenters. The van der Waals surface area contributed by atoms with E-state index in [1.165, 1.54) is 6.42 Å². The molecule has 0 amide bonds. The predicted octanol–water partition coefficient (Wildman–Crippen LogP) is 1.19. The Labute approximate surface area is 105 Å². The second-order valence-electron chi connectivity index (χ2n) is 6.17. The molecule has 2 fully saturated rings. The maximum atomic E-state index is 12.3. The third-order valence-corrected chi connectivity index (χ3v) is 5.78. The zero-order valence-corrected chi connectivity index (χ0v) is 11.7. The first kappa shape index (κ1) is 13.3. The van der Waals surface area contributed by atoms with E-state index in [-0.39, 0.29) is 17.2 Å². The topological polar surface area (TPSA) is 49.4 Å². The first-order chi connectivity index (χ1) is 7.89. The Kier molecular flexibility index (Phi) is 3.80. The minimum atomic E-state index is -3.06. The normalized spacial score (nSPS) is 30.6. The van der Waals surface area contributed by atoms with Crippen molar-refractivity contribution in [1.29, 1.82) is 0 Å². The minimum absolute atomic E-state index is 0.146. The van der Waals surface area contributed by atoms with Crippen LogP contribution < -0.4 is 5.32 Å². The predicted molar refractivity (Wildman–Crippen MR) is 69.4 cm³/mol. The Hall–Kier alpha value is -0.130. The lowest BCUT2D eigenvalue weighted by Crippen LogP contribution is -2.43. The van der Waals surface area contributed by atoms with Crippen molar-refractivity contribution in [2.24, 2.45) is 5.41 Å². The highest BCUT2D eigenvalue weighted by Crippen LogP contribution is 2.31. The summed E-state index contributed by atoms with van der Waals surface area (Å²) in [6, 6.07) is 0.164. The lowest BCUT2D eigenvalue weighted by atomic mass is 9.93. The molecule has 0 aliphatic carbocycles. The summed E-state index contributed by atoms with van der Waals surface area (Å²) in [6.07, 6.45) is 4.30. The van der Waals surface area contributed by atoms with Gasteiger partial charge in [-0.1, -0.05) is 20.3 Å². The number of nitrogens with one attached hydrogen (secondary N) is 1. The summed E-state index contributed by atoms with van der Waals surface area (Å²) in [6.45, 7) is 6.62. The summed E-state index contributed by atoms with van der Waals surface area (Å²) >= 11 is 0. The molecule has 0 radical (unpaired) electrons. The van der Waals surface area contributed by atoms with Crippen molar-refractivity contribution < 1.29 is 8.42 Å². The Morgan fingerprint density at radius 2 is 2.12 bits per heavy atom. The van der Waals surface area contributed by atoms with Crippen LogP contribution in [0, 0.1) is 5.41 Å². The Morgan fingerprint density at radius 3 is 2.65 bits per heavy atom. The van der Waals surface area contributed by atoms with Gasteiger partial charge in [0.25, 0.3) is 0 Å². The molecule has 17 heavy (non-hydrogen) atoms. The highest BCUT2D eigenvalue weighted by molar-refractivity contribution is 7.89. The average molecular weight is 260 g/mol. The largest absolute Gasteiger partial charge is 0.313 e. The molecule has 5 heteroatoms. The lowest BCUT2D eigenvalue weighted by molar-refractivity contribution is 0.369. The van der Waals surface area contributed by atoms with Crippen LogP contribution in [0.25, 0.3) is 0 Å². The summed E-state index contributed by atoms with van der Waals surface area (Å²) in [4.78, 5) is 0. The SMILES string of the molecule is CC1(C)CCN(S(=O)(=O)CC2CCCCN2)C1. The van der Waals surface area contributed by atoms with Crippen LogP contribution in [0.2, 0.25) is 0 Å². The van der Waals surface area contributed by atoms with Crippen molar-refractivity contribution in [3.8, 4) is 0 Å². The monoisotopic (exact) mass is 260 g/mol. The highest BCUT2D eigenvalue weighted by atomic mass is 32.2. The number of hydrogen-bond donors (Lipinski definition) is 1. The lowest BCUT2D eigenvalue weighted by Gasteiger charge is -2.26. The van der Waals surface area contributed by atoms with Gasteiger partial charge in [-0.3, -0.25) is 0 Å². The Balaban J connectivity index is 1.94. The molecule has 0 aromatic rings. The molecule has 0 spiro atoms. The summed E-state index contributed by atoms with van der Waals surface area (Å²) in [5.41, 5.74) is 0.146. The van der Waals surface area contributed by atoms with Gasteiger partial charge in [-0.05, 0) is 31.2 Å². The third kappa shape index (κ3) is 3.42. The fourth-order valence-electron chi connectivity index (χ4n) is 2.73. The zero-order valence-electron chi connectivity index (χ0n) is 10.9. The average Bonchev–Trinajstić information content (AvgIpc) is 2.60. The summed E-state index contributed by atoms with van der Waals surface area (Å²) < 4.78 is 26.2. The molecule has 100 valence electrons. The van der Waals surface area contributed by atoms with E-state index < -0.39 is 10.0 Å². The van der Waals surface area contributed by atoms with Crippen molar-refractivity contribution in [2.75, 3.05) is 25.4 Å². The molecular weight excluding hydrogens is 236 g/mol. The molecular formula is C12H24N2O2S. The first-order valence-electron chi connectivity index (χ1n) is 6.60. The van der Waals surface area contributed by atoms with Crippen LogP contribution in [-0.2, 0) is 10.0 Å². The molecule has 2 heterocycles. The van der Waals surface area contributed by atoms with E-state index in [9.17, 15) is 8.42 Å². The molecule has 4 nitrogen and oxygen atoms in total. The number of sulfonamides is 1. The number of nitrogens with zero attached hydrogens (tertiary/aromatic N) is 1. The van der Waals surface area contributed by atoms with E-state index in [4.69, 9.17) is 0 Å². The van der Waals surface area contributed by atoms with E-state index >= 15 is 0 Å². The van der Waals surface area contributed by atoms with E-state index in [0.29, 0.717) is 13.1 Å². The number of hydrogen-bond acceptors (Lipinski definition) is 3. The van der Waals surface area contributed by atoms with Crippen LogP contribution in [0.5, 0.6) is 0 Å². The van der Waals surface area contributed by atoms with Crippen LogP contribution in [0.4, 0.5) is 0 Å². The molecule has 2 rings (SSSR count).